The standard InChI is InChI=1S/C24H21ClFN3O3/c1-32-21-10-7-15(13-28-21)24(31)29(22(23(27)30)14-5-3-2-4-6-14)20-9-8-17-18(20)11-16(25)12-19(17)26/h2-7,10-13,20,22H,8-9H2,1H3,(H2,27,30)/t20-,22+/m1/s1. The molecule has 8 heteroatoms. The van der Waals surface area contributed by atoms with Gasteiger partial charge in [0.05, 0.1) is 18.7 Å². The number of carbonyl (C=O) groups is 2. The van der Waals surface area contributed by atoms with Gasteiger partial charge in [-0.1, -0.05) is 41.9 Å². The summed E-state index contributed by atoms with van der Waals surface area (Å²) < 4.78 is 19.6. The molecule has 1 aromatic heterocycles. The summed E-state index contributed by atoms with van der Waals surface area (Å²) in [6.07, 6.45) is 2.22. The average Bonchev–Trinajstić information content (AvgIpc) is 3.21. The number of ether oxygens (including phenoxy) is 1. The Balaban J connectivity index is 1.86. The number of nitrogens with two attached hydrogens (primary N) is 1. The molecule has 1 aliphatic carbocycles. The third kappa shape index (κ3) is 4.03. The quantitative estimate of drug-likeness (QED) is 0.605. The molecule has 3 aromatic rings. The maximum Gasteiger partial charge on any atom is 0.256 e. The zero-order valence-electron chi connectivity index (χ0n) is 17.3. The highest BCUT2D eigenvalue weighted by Crippen LogP contribution is 2.43. The van der Waals surface area contributed by atoms with Crippen molar-refractivity contribution >= 4 is 23.4 Å². The first kappa shape index (κ1) is 21.8. The van der Waals surface area contributed by atoms with Gasteiger partial charge in [-0.15, -0.1) is 0 Å². The second kappa shape index (κ2) is 8.96. The zero-order chi connectivity index (χ0) is 22.8. The predicted octanol–water partition coefficient (Wildman–Crippen LogP) is 4.24. The van der Waals surface area contributed by atoms with E-state index in [1.807, 2.05) is 0 Å². The van der Waals surface area contributed by atoms with Crippen LogP contribution in [0.2, 0.25) is 5.02 Å². The van der Waals surface area contributed by atoms with Gasteiger partial charge in [-0.3, -0.25) is 9.59 Å². The summed E-state index contributed by atoms with van der Waals surface area (Å²) in [4.78, 5) is 31.9. The van der Waals surface area contributed by atoms with E-state index < -0.39 is 29.7 Å². The SMILES string of the molecule is COc1ccc(C(=O)N([C@@H]2CCc3c(F)cc(Cl)cc32)[C@H](C(N)=O)c2ccccc2)cn1. The van der Waals surface area contributed by atoms with E-state index in [0.717, 1.165) is 0 Å². The number of carbonyl (C=O) groups excluding carboxylic acids is 2. The average molecular weight is 454 g/mol. The van der Waals surface area contributed by atoms with Gasteiger partial charge in [-0.05, 0) is 47.7 Å². The van der Waals surface area contributed by atoms with Gasteiger partial charge >= 0.3 is 0 Å². The van der Waals surface area contributed by atoms with Crippen molar-refractivity contribution in [2.45, 2.75) is 24.9 Å². The Morgan fingerprint density at radius 3 is 2.59 bits per heavy atom. The van der Waals surface area contributed by atoms with E-state index in [1.54, 1.807) is 48.5 Å². The minimum atomic E-state index is -1.07. The minimum absolute atomic E-state index is 0.224. The van der Waals surface area contributed by atoms with Crippen molar-refractivity contribution in [1.29, 1.82) is 0 Å². The van der Waals surface area contributed by atoms with Crippen LogP contribution < -0.4 is 10.5 Å². The molecule has 2 amide bonds. The molecule has 6 nitrogen and oxygen atoms in total. The number of rotatable bonds is 6. The Kier molecular flexibility index (Phi) is 6.10. The summed E-state index contributed by atoms with van der Waals surface area (Å²) in [7, 11) is 1.47. The van der Waals surface area contributed by atoms with Gasteiger partial charge in [0.25, 0.3) is 5.91 Å². The molecule has 0 aliphatic heterocycles. The van der Waals surface area contributed by atoms with Gasteiger partial charge in [-0.2, -0.15) is 0 Å². The van der Waals surface area contributed by atoms with E-state index in [9.17, 15) is 14.0 Å². The van der Waals surface area contributed by atoms with Crippen LogP contribution in [0.5, 0.6) is 5.88 Å². The van der Waals surface area contributed by atoms with Gasteiger partial charge in [0.2, 0.25) is 11.8 Å². The van der Waals surface area contributed by atoms with Crippen LogP contribution in [0.25, 0.3) is 0 Å². The molecule has 1 heterocycles. The fourth-order valence-electron chi connectivity index (χ4n) is 4.22. The number of benzene rings is 2. The molecule has 0 spiro atoms. The highest BCUT2D eigenvalue weighted by Gasteiger charge is 2.40. The van der Waals surface area contributed by atoms with Crippen molar-refractivity contribution in [2.24, 2.45) is 5.73 Å². The maximum absolute atomic E-state index is 14.6. The first-order chi connectivity index (χ1) is 15.4. The van der Waals surface area contributed by atoms with Crippen molar-refractivity contribution in [3.05, 3.63) is 93.9 Å². The Hall–Kier alpha value is -3.45. The van der Waals surface area contributed by atoms with Crippen LogP contribution in [-0.4, -0.2) is 28.8 Å². The van der Waals surface area contributed by atoms with Gasteiger partial charge in [0.1, 0.15) is 11.9 Å². The lowest BCUT2D eigenvalue weighted by molar-refractivity contribution is -0.123. The van der Waals surface area contributed by atoms with E-state index >= 15 is 0 Å². The van der Waals surface area contributed by atoms with Crippen molar-refractivity contribution in [2.75, 3.05) is 7.11 Å². The van der Waals surface area contributed by atoms with E-state index in [-0.39, 0.29) is 10.6 Å². The number of hydrogen-bond donors (Lipinski definition) is 1. The van der Waals surface area contributed by atoms with Crippen LogP contribution in [0.15, 0.2) is 60.8 Å². The molecule has 0 unspecified atom stereocenters. The summed E-state index contributed by atoms with van der Waals surface area (Å²) >= 11 is 6.13. The molecule has 2 atom stereocenters. The first-order valence-electron chi connectivity index (χ1n) is 10.1. The molecule has 0 bridgehead atoms. The van der Waals surface area contributed by atoms with E-state index in [0.29, 0.717) is 35.4 Å². The smallest absolute Gasteiger partial charge is 0.256 e. The normalized spacial score (nSPS) is 15.7. The Morgan fingerprint density at radius 2 is 1.97 bits per heavy atom. The number of fused-ring (bicyclic) bond motifs is 1. The highest BCUT2D eigenvalue weighted by molar-refractivity contribution is 6.30. The van der Waals surface area contributed by atoms with E-state index in [2.05, 4.69) is 4.98 Å². The second-order valence-electron chi connectivity index (χ2n) is 7.53. The molecule has 2 N–H and O–H groups in total. The lowest BCUT2D eigenvalue weighted by atomic mass is 9.98. The summed E-state index contributed by atoms with van der Waals surface area (Å²) in [5.74, 6) is -1.22. The van der Waals surface area contributed by atoms with Crippen LogP contribution in [0.3, 0.4) is 0 Å². The summed E-state index contributed by atoms with van der Waals surface area (Å²) in [6.45, 7) is 0. The molecule has 32 heavy (non-hydrogen) atoms. The van der Waals surface area contributed by atoms with Gasteiger partial charge in [0, 0.05) is 17.3 Å². The zero-order valence-corrected chi connectivity index (χ0v) is 18.1. The molecule has 164 valence electrons. The van der Waals surface area contributed by atoms with Crippen molar-refractivity contribution in [3.63, 3.8) is 0 Å². The molecule has 1 aliphatic rings. The number of halogens is 2. The first-order valence-corrected chi connectivity index (χ1v) is 10.4. The monoisotopic (exact) mass is 453 g/mol. The molecule has 0 fully saturated rings. The number of amides is 2. The summed E-state index contributed by atoms with van der Waals surface area (Å²) in [5, 5.41) is 0.224. The molecule has 4 rings (SSSR count). The van der Waals surface area contributed by atoms with Gasteiger partial charge in [-0.25, -0.2) is 9.37 Å². The lowest BCUT2D eigenvalue weighted by Crippen LogP contribution is -2.43. The summed E-state index contributed by atoms with van der Waals surface area (Å²) in [6, 6.07) is 13.2. The number of methoxy groups -OCH3 is 1. The lowest BCUT2D eigenvalue weighted by Gasteiger charge is -2.36. The van der Waals surface area contributed by atoms with Gasteiger partial charge in [0.15, 0.2) is 0 Å². The van der Waals surface area contributed by atoms with Crippen LogP contribution >= 0.6 is 11.6 Å². The molecule has 0 radical (unpaired) electrons. The Bertz CT molecular complexity index is 1160. The fourth-order valence-corrected chi connectivity index (χ4v) is 4.44. The topological polar surface area (TPSA) is 85.5 Å². The molecule has 2 aromatic carbocycles. The van der Waals surface area contributed by atoms with Crippen LogP contribution in [-0.2, 0) is 11.2 Å². The number of aromatic nitrogens is 1. The largest absolute Gasteiger partial charge is 0.481 e. The second-order valence-corrected chi connectivity index (χ2v) is 7.96. The van der Waals surface area contributed by atoms with Gasteiger partial charge < -0.3 is 15.4 Å². The molecule has 0 saturated heterocycles. The molecular formula is C24H21ClFN3O3. The maximum atomic E-state index is 14.6. The van der Waals surface area contributed by atoms with Crippen molar-refractivity contribution < 1.29 is 18.7 Å². The highest BCUT2D eigenvalue weighted by atomic mass is 35.5. The molecular weight excluding hydrogens is 433 g/mol. The number of primary amides is 1. The van der Waals surface area contributed by atoms with Crippen molar-refractivity contribution in [1.82, 2.24) is 9.88 Å². The summed E-state index contributed by atoms with van der Waals surface area (Å²) in [5.41, 5.74) is 7.69. The Labute approximate surface area is 189 Å². The Morgan fingerprint density at radius 1 is 1.22 bits per heavy atom. The predicted molar refractivity (Wildman–Crippen MR) is 118 cm³/mol. The van der Waals surface area contributed by atoms with Crippen LogP contribution in [0.1, 0.15) is 45.6 Å². The minimum Gasteiger partial charge on any atom is -0.481 e. The van der Waals surface area contributed by atoms with E-state index in [1.165, 1.54) is 24.3 Å². The van der Waals surface area contributed by atoms with Crippen LogP contribution in [0.4, 0.5) is 4.39 Å². The number of hydrogen-bond acceptors (Lipinski definition) is 4. The number of pyridine rings is 1. The fraction of sp³-hybridized carbons (Fsp3) is 0.208. The third-order valence-electron chi connectivity index (χ3n) is 5.65. The molecule has 0 saturated carbocycles. The van der Waals surface area contributed by atoms with E-state index in [4.69, 9.17) is 22.1 Å². The van der Waals surface area contributed by atoms with Crippen LogP contribution in [0, 0.1) is 5.82 Å². The number of nitrogens with zero attached hydrogens (tertiary/aromatic N) is 2. The van der Waals surface area contributed by atoms with Crippen molar-refractivity contribution in [3.8, 4) is 5.88 Å². The third-order valence-corrected chi connectivity index (χ3v) is 5.87.